The van der Waals surface area contributed by atoms with E-state index in [4.69, 9.17) is 47.0 Å². The molecule has 7 heteroatoms. The molecule has 2 aromatic rings. The highest BCUT2D eigenvalue weighted by Gasteiger charge is 2.42. The number of hydrazine groups is 1. The van der Waals surface area contributed by atoms with Crippen LogP contribution >= 0.6 is 47.0 Å². The molecule has 0 radical (unpaired) electrons. The number of anilines is 1. The Morgan fingerprint density at radius 3 is 2.30 bits per heavy atom. The monoisotopic (exact) mass is 385 g/mol. The van der Waals surface area contributed by atoms with Gasteiger partial charge in [-0.3, -0.25) is 0 Å². The lowest BCUT2D eigenvalue weighted by Crippen LogP contribution is -2.48. The first-order valence-electron chi connectivity index (χ1n) is 7.06. The molecule has 120 valence electrons. The van der Waals surface area contributed by atoms with Crippen LogP contribution in [0.3, 0.4) is 0 Å². The van der Waals surface area contributed by atoms with Crippen molar-refractivity contribution in [2.75, 3.05) is 5.01 Å². The Hall–Kier alpha value is -1.04. The first kappa shape index (κ1) is 16.8. The van der Waals surface area contributed by atoms with Gasteiger partial charge in [-0.05, 0) is 55.0 Å². The highest BCUT2D eigenvalue weighted by Crippen LogP contribution is 2.35. The van der Waals surface area contributed by atoms with Crippen LogP contribution in [0.25, 0.3) is 0 Å². The van der Waals surface area contributed by atoms with Crippen LogP contribution in [0.5, 0.6) is 0 Å². The van der Waals surface area contributed by atoms with E-state index in [2.05, 4.69) is 17.7 Å². The Morgan fingerprint density at radius 1 is 1.04 bits per heavy atom. The molecular weight excluding hydrogens is 373 g/mol. The van der Waals surface area contributed by atoms with Crippen LogP contribution < -0.4 is 15.8 Å². The second-order valence-electron chi connectivity index (χ2n) is 5.24. The molecule has 0 unspecified atom stereocenters. The van der Waals surface area contributed by atoms with Gasteiger partial charge >= 0.3 is 0 Å². The van der Waals surface area contributed by atoms with Crippen LogP contribution in [0.4, 0.5) is 5.69 Å². The van der Waals surface area contributed by atoms with Crippen molar-refractivity contribution in [1.29, 1.82) is 0 Å². The van der Waals surface area contributed by atoms with Crippen molar-refractivity contribution < 1.29 is 0 Å². The van der Waals surface area contributed by atoms with Crippen molar-refractivity contribution in [3.63, 3.8) is 0 Å². The summed E-state index contributed by atoms with van der Waals surface area (Å²) in [5, 5.41) is 7.59. The van der Waals surface area contributed by atoms with E-state index in [0.717, 1.165) is 17.7 Å². The summed E-state index contributed by atoms with van der Waals surface area (Å²) in [7, 11) is 0. The minimum atomic E-state index is -0.585. The summed E-state index contributed by atoms with van der Waals surface area (Å²) >= 11 is 23.8. The molecule has 0 aliphatic carbocycles. The molecule has 1 fully saturated rings. The molecule has 0 aromatic heterocycles. The van der Waals surface area contributed by atoms with Crippen LogP contribution in [0.15, 0.2) is 42.5 Å². The zero-order valence-corrected chi connectivity index (χ0v) is 15.3. The topological polar surface area (TPSA) is 27.3 Å². The van der Waals surface area contributed by atoms with Gasteiger partial charge in [0.1, 0.15) is 5.66 Å². The summed E-state index contributed by atoms with van der Waals surface area (Å²) in [5.41, 5.74) is 4.63. The van der Waals surface area contributed by atoms with E-state index in [9.17, 15) is 0 Å². The van der Waals surface area contributed by atoms with E-state index in [1.165, 1.54) is 0 Å². The lowest BCUT2D eigenvalue weighted by Gasteiger charge is -2.30. The van der Waals surface area contributed by atoms with Crippen LogP contribution in [0.2, 0.25) is 15.1 Å². The van der Waals surface area contributed by atoms with Gasteiger partial charge in [0, 0.05) is 20.6 Å². The number of thiocarbonyl (C=S) groups is 1. The summed E-state index contributed by atoms with van der Waals surface area (Å²) in [6, 6.07) is 12.9. The number of benzene rings is 2. The highest BCUT2D eigenvalue weighted by molar-refractivity contribution is 7.80. The molecule has 3 rings (SSSR count). The Morgan fingerprint density at radius 2 is 1.70 bits per heavy atom. The average Bonchev–Trinajstić information content (AvgIpc) is 2.86. The van der Waals surface area contributed by atoms with Gasteiger partial charge in [-0.2, -0.15) is 5.43 Å². The Bertz CT molecular complexity index is 751. The van der Waals surface area contributed by atoms with Crippen LogP contribution in [0, 0.1) is 0 Å². The number of halogens is 3. The maximum absolute atomic E-state index is 6.40. The number of hydrogen-bond donors (Lipinski definition) is 2. The van der Waals surface area contributed by atoms with Gasteiger partial charge in [-0.1, -0.05) is 47.8 Å². The molecule has 1 saturated heterocycles. The normalized spacial score (nSPS) is 20.7. The summed E-state index contributed by atoms with van der Waals surface area (Å²) < 4.78 is 0. The van der Waals surface area contributed by atoms with E-state index < -0.39 is 5.66 Å². The maximum Gasteiger partial charge on any atom is 0.190 e. The van der Waals surface area contributed by atoms with Crippen molar-refractivity contribution >= 4 is 57.8 Å². The lowest BCUT2D eigenvalue weighted by molar-refractivity contribution is 0.337. The van der Waals surface area contributed by atoms with E-state index in [-0.39, 0.29) is 0 Å². The molecule has 0 bridgehead atoms. The van der Waals surface area contributed by atoms with Crippen LogP contribution in [-0.4, -0.2) is 5.11 Å². The second-order valence-corrected chi connectivity index (χ2v) is 6.90. The lowest BCUT2D eigenvalue weighted by atomic mass is 9.97. The molecule has 1 atom stereocenters. The maximum atomic E-state index is 6.40. The summed E-state index contributed by atoms with van der Waals surface area (Å²) in [5.74, 6) is 0. The number of nitrogens with zero attached hydrogens (tertiary/aromatic N) is 1. The Labute approximate surface area is 155 Å². The van der Waals surface area contributed by atoms with Gasteiger partial charge in [-0.25, -0.2) is 5.01 Å². The van der Waals surface area contributed by atoms with Gasteiger partial charge in [0.25, 0.3) is 0 Å². The number of rotatable bonds is 3. The summed E-state index contributed by atoms with van der Waals surface area (Å²) in [4.78, 5) is 0. The summed E-state index contributed by atoms with van der Waals surface area (Å²) in [6.45, 7) is 2.05. The minimum absolute atomic E-state index is 0.570. The molecule has 1 heterocycles. The van der Waals surface area contributed by atoms with Gasteiger partial charge < -0.3 is 5.32 Å². The van der Waals surface area contributed by atoms with Crippen LogP contribution in [-0.2, 0) is 5.66 Å². The van der Waals surface area contributed by atoms with Crippen molar-refractivity contribution in [3.05, 3.63) is 63.1 Å². The third-order valence-corrected chi connectivity index (χ3v) is 4.92. The Kier molecular flexibility index (Phi) is 4.72. The van der Waals surface area contributed by atoms with Crippen molar-refractivity contribution in [2.45, 2.75) is 19.0 Å². The molecule has 3 nitrogen and oxygen atoms in total. The average molecular weight is 387 g/mol. The van der Waals surface area contributed by atoms with Gasteiger partial charge in [0.2, 0.25) is 0 Å². The first-order valence-corrected chi connectivity index (χ1v) is 8.60. The standard InChI is InChI=1S/C16H14Cl3N3S/c1-2-16(13-8-5-11(18)9-14(13)19)20-15(23)22(21-16)12-6-3-10(17)4-7-12/h3-9,21H,2H2,1H3,(H,20,23)/t16-/m1/s1. The zero-order valence-electron chi connectivity index (χ0n) is 12.2. The van der Waals surface area contributed by atoms with Gasteiger partial charge in [-0.15, -0.1) is 0 Å². The quantitative estimate of drug-likeness (QED) is 0.717. The second kappa shape index (κ2) is 6.46. The number of hydrogen-bond acceptors (Lipinski definition) is 2. The SMILES string of the molecule is CC[C@@]1(c2ccc(Cl)cc2Cl)NC(=S)N(c2ccc(Cl)cc2)N1. The molecule has 23 heavy (non-hydrogen) atoms. The molecule has 2 aromatic carbocycles. The van der Waals surface area contributed by atoms with E-state index in [0.29, 0.717) is 20.2 Å². The number of nitrogens with one attached hydrogen (secondary N) is 2. The predicted octanol–water partition coefficient (Wildman–Crippen LogP) is 5.11. The summed E-state index contributed by atoms with van der Waals surface area (Å²) in [6.07, 6.45) is 0.735. The van der Waals surface area contributed by atoms with Crippen LogP contribution in [0.1, 0.15) is 18.9 Å². The first-order chi connectivity index (χ1) is 10.9. The van der Waals surface area contributed by atoms with E-state index in [1.54, 1.807) is 6.07 Å². The third-order valence-electron chi connectivity index (χ3n) is 3.83. The van der Waals surface area contributed by atoms with Gasteiger partial charge in [0.15, 0.2) is 5.11 Å². The predicted molar refractivity (Wildman–Crippen MR) is 101 cm³/mol. The highest BCUT2D eigenvalue weighted by atomic mass is 35.5. The van der Waals surface area contributed by atoms with Crippen molar-refractivity contribution in [3.8, 4) is 0 Å². The molecule has 1 aliphatic heterocycles. The zero-order chi connectivity index (χ0) is 16.6. The fourth-order valence-corrected chi connectivity index (χ4v) is 3.62. The molecule has 1 aliphatic rings. The molecule has 0 spiro atoms. The fraction of sp³-hybridized carbons (Fsp3) is 0.188. The van der Waals surface area contributed by atoms with E-state index >= 15 is 0 Å². The molecule has 0 saturated carbocycles. The van der Waals surface area contributed by atoms with E-state index in [1.807, 2.05) is 41.4 Å². The fourth-order valence-electron chi connectivity index (χ4n) is 2.60. The smallest absolute Gasteiger partial charge is 0.190 e. The largest absolute Gasteiger partial charge is 0.338 e. The third kappa shape index (κ3) is 3.14. The van der Waals surface area contributed by atoms with Gasteiger partial charge in [0.05, 0.1) is 5.69 Å². The van der Waals surface area contributed by atoms with Crippen molar-refractivity contribution in [2.24, 2.45) is 0 Å². The molecule has 2 N–H and O–H groups in total. The van der Waals surface area contributed by atoms with Crippen molar-refractivity contribution in [1.82, 2.24) is 10.7 Å². The minimum Gasteiger partial charge on any atom is -0.338 e. The molecular formula is C16H14Cl3N3S. The Balaban J connectivity index is 1.98. The molecule has 0 amide bonds.